The van der Waals surface area contributed by atoms with Crippen molar-refractivity contribution in [2.24, 2.45) is 0 Å². The van der Waals surface area contributed by atoms with Gasteiger partial charge in [0.05, 0.1) is 5.75 Å². The predicted octanol–water partition coefficient (Wildman–Crippen LogP) is 4.88. The number of carbonyl (C=O) groups is 1. The SMILES string of the molecule is CN(C)S(=O)(=O)CCc1ccc(CC(=O)c2nc(C#N)cn2COCC[Si](C)(C)C)c(C2=CCCCC2)c1. The lowest BCUT2D eigenvalue weighted by Crippen LogP contribution is -2.26. The summed E-state index contributed by atoms with van der Waals surface area (Å²) in [6.45, 7) is 7.62. The van der Waals surface area contributed by atoms with E-state index < -0.39 is 18.1 Å². The summed E-state index contributed by atoms with van der Waals surface area (Å²) in [5, 5.41) is 9.39. The van der Waals surface area contributed by atoms with Crippen molar-refractivity contribution in [1.29, 1.82) is 5.26 Å². The van der Waals surface area contributed by atoms with Crippen molar-refractivity contribution in [2.45, 2.75) is 70.9 Å². The number of allylic oxidation sites excluding steroid dienone is 2. The van der Waals surface area contributed by atoms with E-state index in [2.05, 4.69) is 30.7 Å². The van der Waals surface area contributed by atoms with Crippen LogP contribution in [0.3, 0.4) is 0 Å². The highest BCUT2D eigenvalue weighted by molar-refractivity contribution is 7.89. The number of nitrogens with zero attached hydrogens (tertiary/aromatic N) is 4. The van der Waals surface area contributed by atoms with Crippen LogP contribution in [0.25, 0.3) is 5.57 Å². The summed E-state index contributed by atoms with van der Waals surface area (Å²) < 4.78 is 33.3. The minimum absolute atomic E-state index is 0.0306. The highest BCUT2D eigenvalue weighted by atomic mass is 32.2. The van der Waals surface area contributed by atoms with Gasteiger partial charge in [0, 0.05) is 41.4 Å². The average molecular weight is 557 g/mol. The fourth-order valence-corrected chi connectivity index (χ4v) is 5.94. The highest BCUT2D eigenvalue weighted by Gasteiger charge is 2.21. The van der Waals surface area contributed by atoms with Gasteiger partial charge < -0.3 is 9.30 Å². The summed E-state index contributed by atoms with van der Waals surface area (Å²) in [4.78, 5) is 17.7. The van der Waals surface area contributed by atoms with Crippen LogP contribution in [0.15, 0.2) is 30.5 Å². The molecule has 1 aliphatic carbocycles. The molecule has 1 aliphatic rings. The second-order valence-corrected chi connectivity index (χ2v) is 19.2. The van der Waals surface area contributed by atoms with Gasteiger partial charge in [0.25, 0.3) is 0 Å². The molecule has 2 aromatic rings. The molecule has 38 heavy (non-hydrogen) atoms. The van der Waals surface area contributed by atoms with Crippen LogP contribution in [0.5, 0.6) is 0 Å². The summed E-state index contributed by atoms with van der Waals surface area (Å²) >= 11 is 0. The molecule has 0 radical (unpaired) electrons. The Morgan fingerprint density at radius 3 is 2.63 bits per heavy atom. The maximum absolute atomic E-state index is 13.5. The van der Waals surface area contributed by atoms with E-state index in [0.717, 1.165) is 48.4 Å². The van der Waals surface area contributed by atoms with Crippen LogP contribution in [0.2, 0.25) is 25.7 Å². The van der Waals surface area contributed by atoms with Crippen molar-refractivity contribution in [3.05, 3.63) is 58.7 Å². The monoisotopic (exact) mass is 556 g/mol. The maximum atomic E-state index is 13.5. The van der Waals surface area contributed by atoms with E-state index in [1.807, 2.05) is 24.3 Å². The summed E-state index contributed by atoms with van der Waals surface area (Å²) in [6.07, 6.45) is 8.49. The first-order chi connectivity index (χ1) is 17.9. The Balaban J connectivity index is 1.83. The molecule has 8 nitrogen and oxygen atoms in total. The highest BCUT2D eigenvalue weighted by Crippen LogP contribution is 2.31. The van der Waals surface area contributed by atoms with E-state index in [1.165, 1.54) is 9.88 Å². The third-order valence-corrected chi connectivity index (χ3v) is 10.3. The molecule has 3 rings (SSSR count). The zero-order valence-corrected chi connectivity index (χ0v) is 25.1. The quantitative estimate of drug-likeness (QED) is 0.198. The molecular weight excluding hydrogens is 516 g/mol. The van der Waals surface area contributed by atoms with Crippen LogP contribution in [0, 0.1) is 11.3 Å². The minimum Gasteiger partial charge on any atom is -0.361 e. The number of imidazole rings is 1. The topological polar surface area (TPSA) is 105 Å². The molecule has 206 valence electrons. The molecule has 0 amide bonds. The van der Waals surface area contributed by atoms with Gasteiger partial charge in [-0.3, -0.25) is 4.79 Å². The number of ketones is 1. The predicted molar refractivity (Wildman–Crippen MR) is 153 cm³/mol. The molecule has 1 heterocycles. The number of hydrogen-bond acceptors (Lipinski definition) is 6. The number of nitriles is 1. The summed E-state index contributed by atoms with van der Waals surface area (Å²) in [7, 11) is -1.46. The van der Waals surface area contributed by atoms with Crippen LogP contribution < -0.4 is 0 Å². The lowest BCUT2D eigenvalue weighted by molar-refractivity contribution is 0.0799. The van der Waals surface area contributed by atoms with E-state index in [4.69, 9.17) is 4.74 Å². The first kappa shape index (κ1) is 30.0. The zero-order valence-electron chi connectivity index (χ0n) is 23.3. The zero-order chi connectivity index (χ0) is 27.9. The first-order valence-electron chi connectivity index (χ1n) is 13.2. The first-order valence-corrected chi connectivity index (χ1v) is 18.5. The normalized spacial score (nSPS) is 14.4. The van der Waals surface area contributed by atoms with Crippen molar-refractivity contribution >= 4 is 29.5 Å². The number of rotatable bonds is 13. The number of ether oxygens (including phenoxy) is 1. The van der Waals surface area contributed by atoms with Gasteiger partial charge in [-0.2, -0.15) is 5.26 Å². The fraction of sp³-hybridized carbons (Fsp3) is 0.536. The molecule has 0 saturated heterocycles. The van der Waals surface area contributed by atoms with Gasteiger partial charge in [-0.1, -0.05) is 43.9 Å². The second-order valence-electron chi connectivity index (χ2n) is 11.3. The molecule has 1 aromatic carbocycles. The van der Waals surface area contributed by atoms with E-state index in [1.54, 1.807) is 24.9 Å². The Hall–Kier alpha value is -2.58. The van der Waals surface area contributed by atoms with Crippen molar-refractivity contribution in [3.63, 3.8) is 0 Å². The molecular formula is C28H40N4O4SSi. The smallest absolute Gasteiger partial charge is 0.213 e. The number of carbonyl (C=O) groups excluding carboxylic acids is 1. The van der Waals surface area contributed by atoms with Gasteiger partial charge in [-0.25, -0.2) is 17.7 Å². The molecule has 0 atom stereocenters. The molecule has 0 spiro atoms. The lowest BCUT2D eigenvalue weighted by atomic mass is 9.88. The summed E-state index contributed by atoms with van der Waals surface area (Å²) in [5.74, 6) is 0.0724. The fourth-order valence-electron chi connectivity index (χ4n) is 4.33. The third-order valence-electron chi connectivity index (χ3n) is 6.73. The Labute approximate surface area is 228 Å². The molecule has 0 N–H and O–H groups in total. The number of Topliss-reactive ketones (excluding diaryl/α,β-unsaturated/α-hetero) is 1. The van der Waals surface area contributed by atoms with Gasteiger partial charge in [0.1, 0.15) is 12.8 Å². The van der Waals surface area contributed by atoms with Gasteiger partial charge in [-0.05, 0) is 60.4 Å². The second kappa shape index (κ2) is 13.0. The van der Waals surface area contributed by atoms with Gasteiger partial charge in [0.15, 0.2) is 11.5 Å². The largest absolute Gasteiger partial charge is 0.361 e. The summed E-state index contributed by atoms with van der Waals surface area (Å²) in [6, 6.07) is 8.93. The van der Waals surface area contributed by atoms with E-state index in [9.17, 15) is 18.5 Å². The summed E-state index contributed by atoms with van der Waals surface area (Å²) in [5.41, 5.74) is 4.21. The Kier molecular flexibility index (Phi) is 10.2. The van der Waals surface area contributed by atoms with Crippen molar-refractivity contribution in [3.8, 4) is 6.07 Å². The van der Waals surface area contributed by atoms with E-state index >= 15 is 0 Å². The Bertz CT molecular complexity index is 1320. The minimum atomic E-state index is -3.30. The van der Waals surface area contributed by atoms with Crippen molar-refractivity contribution < 1.29 is 17.9 Å². The third kappa shape index (κ3) is 8.46. The molecule has 1 aromatic heterocycles. The van der Waals surface area contributed by atoms with Crippen LogP contribution >= 0.6 is 0 Å². The van der Waals surface area contributed by atoms with Gasteiger partial charge in [-0.15, -0.1) is 0 Å². The molecule has 0 saturated carbocycles. The number of benzene rings is 1. The Morgan fingerprint density at radius 2 is 2.00 bits per heavy atom. The number of aromatic nitrogens is 2. The van der Waals surface area contributed by atoms with Crippen LogP contribution in [0.1, 0.15) is 58.7 Å². The molecule has 10 heteroatoms. The molecule has 0 bridgehead atoms. The standard InChI is InChI=1S/C28H40N4O4SSi/c1-31(2)37(34,35)15-13-22-11-12-24(26(17-22)23-9-7-6-8-10-23)18-27(33)28-30-25(19-29)20-32(28)21-36-14-16-38(3,4)5/h9,11-12,17,20H,6-8,10,13-16,18,21H2,1-5H3. The van der Waals surface area contributed by atoms with E-state index in [0.29, 0.717) is 13.0 Å². The van der Waals surface area contributed by atoms with Crippen molar-refractivity contribution in [1.82, 2.24) is 13.9 Å². The number of sulfonamides is 1. The van der Waals surface area contributed by atoms with Gasteiger partial charge >= 0.3 is 0 Å². The number of aryl methyl sites for hydroxylation is 1. The van der Waals surface area contributed by atoms with Crippen LogP contribution in [-0.2, 0) is 34.3 Å². The van der Waals surface area contributed by atoms with Crippen LogP contribution in [-0.4, -0.2) is 62.6 Å². The maximum Gasteiger partial charge on any atom is 0.213 e. The lowest BCUT2D eigenvalue weighted by Gasteiger charge is -2.18. The molecule has 0 aliphatic heterocycles. The van der Waals surface area contributed by atoms with E-state index in [-0.39, 0.29) is 36.2 Å². The van der Waals surface area contributed by atoms with Crippen molar-refractivity contribution in [2.75, 3.05) is 26.5 Å². The molecule has 0 unspecified atom stereocenters. The Morgan fingerprint density at radius 1 is 1.24 bits per heavy atom. The number of hydrogen-bond donors (Lipinski definition) is 0. The molecule has 0 fully saturated rings. The van der Waals surface area contributed by atoms with Crippen LogP contribution in [0.4, 0.5) is 0 Å². The van der Waals surface area contributed by atoms with Gasteiger partial charge in [0.2, 0.25) is 15.8 Å². The average Bonchev–Trinajstić information content (AvgIpc) is 3.29.